The molecule has 0 bridgehead atoms. The van der Waals surface area contributed by atoms with E-state index in [2.05, 4.69) is 15.3 Å². The zero-order valence-electron chi connectivity index (χ0n) is 8.33. The minimum atomic E-state index is -4.20. The summed E-state index contributed by atoms with van der Waals surface area (Å²) in [6.45, 7) is 0. The Morgan fingerprint density at radius 3 is 2.81 bits per heavy atom. The predicted molar refractivity (Wildman–Crippen MR) is 55.3 cm³/mol. The van der Waals surface area contributed by atoms with E-state index in [0.717, 1.165) is 0 Å². The lowest BCUT2D eigenvalue weighted by molar-refractivity contribution is -0.119. The predicted octanol–water partition coefficient (Wildman–Crippen LogP) is -1.47. The fraction of sp³-hybridized carbons (Fsp3) is 0.429. The quantitative estimate of drug-likeness (QED) is 0.389. The van der Waals surface area contributed by atoms with Crippen LogP contribution in [0.25, 0.3) is 0 Å². The van der Waals surface area contributed by atoms with Crippen molar-refractivity contribution >= 4 is 13.5 Å². The Labute approximate surface area is 91.4 Å². The van der Waals surface area contributed by atoms with Crippen molar-refractivity contribution < 1.29 is 19.1 Å². The maximum atomic E-state index is 11.0. The molecule has 90 valence electrons. The summed E-state index contributed by atoms with van der Waals surface area (Å²) in [7, 11) is -4.20. The Hall–Kier alpha value is -1.21. The molecule has 0 saturated carbocycles. The van der Waals surface area contributed by atoms with Crippen LogP contribution in [0.2, 0.25) is 0 Å². The van der Waals surface area contributed by atoms with Crippen molar-refractivity contribution in [2.45, 2.75) is 12.5 Å². The molecule has 0 spiro atoms. The molecule has 0 aliphatic heterocycles. The van der Waals surface area contributed by atoms with Crippen molar-refractivity contribution in [3.63, 3.8) is 0 Å². The van der Waals surface area contributed by atoms with Crippen LogP contribution < -0.4 is 11.1 Å². The number of aromatic amines is 1. The zero-order valence-corrected chi connectivity index (χ0v) is 9.22. The average molecular weight is 248 g/mol. The number of carbonyl (C=O) groups excluding carboxylic acids is 1. The van der Waals surface area contributed by atoms with Gasteiger partial charge in [-0.3, -0.25) is 14.7 Å². The van der Waals surface area contributed by atoms with Crippen LogP contribution in [0.4, 0.5) is 0 Å². The SMILES string of the molecule is NC(=O)C(Cc1c[nH]cn1)NCP(=O)(O)O. The molecule has 0 fully saturated rings. The van der Waals surface area contributed by atoms with Gasteiger partial charge in [-0.15, -0.1) is 0 Å². The van der Waals surface area contributed by atoms with Crippen LogP contribution in [0.3, 0.4) is 0 Å². The van der Waals surface area contributed by atoms with E-state index in [1.54, 1.807) is 6.20 Å². The smallest absolute Gasteiger partial charge is 0.339 e. The minimum Gasteiger partial charge on any atom is -0.368 e. The Balaban J connectivity index is 2.55. The first-order valence-corrected chi connectivity index (χ1v) is 6.23. The normalized spacial score (nSPS) is 13.6. The van der Waals surface area contributed by atoms with Crippen molar-refractivity contribution in [3.05, 3.63) is 18.2 Å². The summed E-state index contributed by atoms with van der Waals surface area (Å²) in [6, 6.07) is -0.851. The van der Waals surface area contributed by atoms with Crippen LogP contribution >= 0.6 is 7.60 Å². The van der Waals surface area contributed by atoms with Gasteiger partial charge in [0.15, 0.2) is 0 Å². The Morgan fingerprint density at radius 2 is 2.38 bits per heavy atom. The van der Waals surface area contributed by atoms with Gasteiger partial charge in [-0.05, 0) is 0 Å². The standard InChI is InChI=1S/C7H13N4O4P/c8-7(12)6(11-4-16(13,14)15)1-5-2-9-3-10-5/h2-3,6,11H,1,4H2,(H2,8,12)(H,9,10)(H2,13,14,15). The summed E-state index contributed by atoms with van der Waals surface area (Å²) < 4.78 is 10.6. The maximum Gasteiger partial charge on any atom is 0.339 e. The number of imidazole rings is 1. The number of rotatable bonds is 6. The van der Waals surface area contributed by atoms with Gasteiger partial charge >= 0.3 is 7.60 Å². The number of amides is 1. The molecule has 1 atom stereocenters. The number of nitrogens with one attached hydrogen (secondary N) is 2. The van der Waals surface area contributed by atoms with Gasteiger partial charge in [-0.1, -0.05) is 0 Å². The molecule has 1 unspecified atom stereocenters. The fourth-order valence-electron chi connectivity index (χ4n) is 1.11. The van der Waals surface area contributed by atoms with Crippen LogP contribution in [0, 0.1) is 0 Å². The average Bonchev–Trinajstić information content (AvgIpc) is 2.62. The van der Waals surface area contributed by atoms with E-state index >= 15 is 0 Å². The van der Waals surface area contributed by atoms with E-state index in [9.17, 15) is 9.36 Å². The number of aromatic nitrogens is 2. The third-order valence-electron chi connectivity index (χ3n) is 1.86. The molecule has 1 rings (SSSR count). The number of hydrogen-bond donors (Lipinski definition) is 5. The van der Waals surface area contributed by atoms with Crippen LogP contribution in [-0.4, -0.2) is 38.0 Å². The highest BCUT2D eigenvalue weighted by atomic mass is 31.2. The lowest BCUT2D eigenvalue weighted by Crippen LogP contribution is -2.43. The van der Waals surface area contributed by atoms with Crippen molar-refractivity contribution in [2.24, 2.45) is 5.73 Å². The number of carbonyl (C=O) groups is 1. The third-order valence-corrected chi connectivity index (χ3v) is 2.45. The number of primary amides is 1. The first kappa shape index (κ1) is 12.9. The van der Waals surface area contributed by atoms with Crippen LogP contribution in [-0.2, 0) is 15.8 Å². The lowest BCUT2D eigenvalue weighted by Gasteiger charge is -2.14. The van der Waals surface area contributed by atoms with Gasteiger partial charge in [0.25, 0.3) is 0 Å². The molecule has 16 heavy (non-hydrogen) atoms. The summed E-state index contributed by atoms with van der Waals surface area (Å²) in [4.78, 5) is 34.9. The molecule has 0 aliphatic carbocycles. The topological polar surface area (TPSA) is 141 Å². The molecule has 1 aromatic rings. The highest BCUT2D eigenvalue weighted by molar-refractivity contribution is 7.51. The summed E-state index contributed by atoms with van der Waals surface area (Å²) in [5, 5.41) is 2.41. The number of hydrogen-bond acceptors (Lipinski definition) is 4. The summed E-state index contributed by atoms with van der Waals surface area (Å²) >= 11 is 0. The van der Waals surface area contributed by atoms with E-state index < -0.39 is 25.8 Å². The Kier molecular flexibility index (Phi) is 4.19. The molecule has 1 heterocycles. The summed E-state index contributed by atoms with van der Waals surface area (Å²) in [5.41, 5.74) is 5.68. The summed E-state index contributed by atoms with van der Waals surface area (Å²) in [5.74, 6) is -0.684. The van der Waals surface area contributed by atoms with E-state index in [1.807, 2.05) is 0 Å². The van der Waals surface area contributed by atoms with Crippen LogP contribution in [0.5, 0.6) is 0 Å². The molecule has 1 aromatic heterocycles. The lowest BCUT2D eigenvalue weighted by atomic mass is 10.1. The Morgan fingerprint density at radius 1 is 1.69 bits per heavy atom. The van der Waals surface area contributed by atoms with Gasteiger partial charge in [0.05, 0.1) is 24.3 Å². The van der Waals surface area contributed by atoms with Crippen molar-refractivity contribution in [1.29, 1.82) is 0 Å². The minimum absolute atomic E-state index is 0.179. The first-order valence-electron chi connectivity index (χ1n) is 4.43. The highest BCUT2D eigenvalue weighted by Gasteiger charge is 2.21. The van der Waals surface area contributed by atoms with Crippen molar-refractivity contribution in [3.8, 4) is 0 Å². The van der Waals surface area contributed by atoms with Gasteiger partial charge in [-0.25, -0.2) is 4.98 Å². The highest BCUT2D eigenvalue weighted by Crippen LogP contribution is 2.32. The molecular formula is C7H13N4O4P. The molecule has 0 saturated heterocycles. The number of nitrogens with zero attached hydrogens (tertiary/aromatic N) is 1. The first-order chi connectivity index (χ1) is 7.38. The zero-order chi connectivity index (χ0) is 12.2. The second-order valence-electron chi connectivity index (χ2n) is 3.25. The van der Waals surface area contributed by atoms with E-state index in [4.69, 9.17) is 15.5 Å². The van der Waals surface area contributed by atoms with Gasteiger partial charge < -0.3 is 20.5 Å². The number of nitrogens with two attached hydrogens (primary N) is 1. The number of H-pyrrole nitrogens is 1. The fourth-order valence-corrected chi connectivity index (χ4v) is 1.57. The van der Waals surface area contributed by atoms with Crippen molar-refractivity contribution in [1.82, 2.24) is 15.3 Å². The van der Waals surface area contributed by atoms with Crippen molar-refractivity contribution in [2.75, 3.05) is 6.29 Å². The van der Waals surface area contributed by atoms with E-state index in [0.29, 0.717) is 5.69 Å². The van der Waals surface area contributed by atoms with Crippen LogP contribution in [0.15, 0.2) is 12.5 Å². The van der Waals surface area contributed by atoms with Gasteiger partial charge in [0.2, 0.25) is 5.91 Å². The molecule has 0 aliphatic rings. The van der Waals surface area contributed by atoms with Crippen LogP contribution in [0.1, 0.15) is 5.69 Å². The second-order valence-corrected chi connectivity index (χ2v) is 4.89. The van der Waals surface area contributed by atoms with Gasteiger partial charge in [0.1, 0.15) is 0 Å². The third kappa shape index (κ3) is 4.54. The maximum absolute atomic E-state index is 11.0. The molecule has 9 heteroatoms. The van der Waals surface area contributed by atoms with E-state index in [1.165, 1.54) is 6.33 Å². The second kappa shape index (κ2) is 5.22. The van der Waals surface area contributed by atoms with Gasteiger partial charge in [-0.2, -0.15) is 0 Å². The summed E-state index contributed by atoms with van der Waals surface area (Å²) in [6.07, 6.45) is 2.61. The molecule has 1 amide bonds. The molecular weight excluding hydrogens is 235 g/mol. The Bertz CT molecular complexity index is 387. The molecule has 8 nitrogen and oxygen atoms in total. The molecule has 6 N–H and O–H groups in total. The van der Waals surface area contributed by atoms with E-state index in [-0.39, 0.29) is 6.42 Å². The molecule has 0 radical (unpaired) electrons. The largest absolute Gasteiger partial charge is 0.368 e. The van der Waals surface area contributed by atoms with Gasteiger partial charge in [0, 0.05) is 12.6 Å². The molecule has 0 aromatic carbocycles. The monoisotopic (exact) mass is 248 g/mol.